The van der Waals surface area contributed by atoms with Crippen LogP contribution < -0.4 is 5.32 Å². The Morgan fingerprint density at radius 3 is 2.65 bits per heavy atom. The molecule has 1 heterocycles. The molecule has 2 atom stereocenters. The first-order valence-electron chi connectivity index (χ1n) is 8.01. The summed E-state index contributed by atoms with van der Waals surface area (Å²) >= 11 is 3.60. The van der Waals surface area contributed by atoms with E-state index in [0.717, 1.165) is 30.5 Å². The van der Waals surface area contributed by atoms with E-state index in [1.165, 1.54) is 48.8 Å². The van der Waals surface area contributed by atoms with Crippen LogP contribution in [0, 0.1) is 11.8 Å². The average molecular weight is 335 g/mol. The van der Waals surface area contributed by atoms with Gasteiger partial charge in [0.25, 0.3) is 0 Å². The second kappa shape index (κ2) is 5.43. The lowest BCUT2D eigenvalue weighted by molar-refractivity contribution is 0.100. The fourth-order valence-corrected chi connectivity index (χ4v) is 4.11. The molecule has 1 saturated heterocycles. The lowest BCUT2D eigenvalue weighted by Gasteiger charge is -2.41. The van der Waals surface area contributed by atoms with E-state index in [0.29, 0.717) is 0 Å². The standard InChI is InChI=1S/C17H23BrN2/c18-15-3-1-2-12(8-15)10-20-11-16(13-4-5-13)19-9-17(20)14-6-7-14/h1-3,8,13-14,16-17,19H,4-7,9-11H2. The van der Waals surface area contributed by atoms with Gasteiger partial charge in [0.15, 0.2) is 0 Å². The molecule has 0 spiro atoms. The fraction of sp³-hybridized carbons (Fsp3) is 0.647. The Morgan fingerprint density at radius 2 is 1.95 bits per heavy atom. The monoisotopic (exact) mass is 334 g/mol. The van der Waals surface area contributed by atoms with Gasteiger partial charge in [0, 0.05) is 36.2 Å². The number of halogens is 1. The molecule has 0 aromatic heterocycles. The van der Waals surface area contributed by atoms with Crippen LogP contribution in [0.2, 0.25) is 0 Å². The Morgan fingerprint density at radius 1 is 1.15 bits per heavy atom. The highest BCUT2D eigenvalue weighted by Crippen LogP contribution is 2.40. The third-order valence-corrected chi connectivity index (χ3v) is 5.61. The van der Waals surface area contributed by atoms with E-state index >= 15 is 0 Å². The molecule has 2 unspecified atom stereocenters. The van der Waals surface area contributed by atoms with Crippen molar-refractivity contribution in [1.82, 2.24) is 10.2 Å². The van der Waals surface area contributed by atoms with Gasteiger partial charge in [-0.2, -0.15) is 0 Å². The van der Waals surface area contributed by atoms with E-state index in [2.05, 4.69) is 50.4 Å². The zero-order valence-electron chi connectivity index (χ0n) is 11.9. The van der Waals surface area contributed by atoms with Gasteiger partial charge < -0.3 is 5.32 Å². The minimum absolute atomic E-state index is 0.747. The molecule has 2 aliphatic carbocycles. The van der Waals surface area contributed by atoms with Crippen molar-refractivity contribution in [2.75, 3.05) is 13.1 Å². The molecule has 0 bridgehead atoms. The van der Waals surface area contributed by atoms with Gasteiger partial charge in [-0.25, -0.2) is 0 Å². The van der Waals surface area contributed by atoms with Crippen molar-refractivity contribution in [2.45, 2.75) is 44.3 Å². The number of nitrogens with one attached hydrogen (secondary N) is 1. The molecule has 20 heavy (non-hydrogen) atoms. The third-order valence-electron chi connectivity index (χ3n) is 5.12. The maximum Gasteiger partial charge on any atom is 0.0253 e. The topological polar surface area (TPSA) is 15.3 Å². The van der Waals surface area contributed by atoms with Crippen LogP contribution in [-0.4, -0.2) is 30.1 Å². The number of hydrogen-bond acceptors (Lipinski definition) is 2. The van der Waals surface area contributed by atoms with Crippen LogP contribution in [0.5, 0.6) is 0 Å². The molecule has 0 radical (unpaired) electrons. The summed E-state index contributed by atoms with van der Waals surface area (Å²) in [5.74, 6) is 1.91. The molecule has 3 aliphatic rings. The van der Waals surface area contributed by atoms with Gasteiger partial charge in [0.05, 0.1) is 0 Å². The van der Waals surface area contributed by atoms with Crippen molar-refractivity contribution in [3.8, 4) is 0 Å². The van der Waals surface area contributed by atoms with Crippen LogP contribution in [-0.2, 0) is 6.54 Å². The fourth-order valence-electron chi connectivity index (χ4n) is 3.67. The van der Waals surface area contributed by atoms with Crippen molar-refractivity contribution < 1.29 is 0 Å². The predicted molar refractivity (Wildman–Crippen MR) is 85.6 cm³/mol. The second-order valence-electron chi connectivity index (χ2n) is 6.82. The lowest BCUT2D eigenvalue weighted by Crippen LogP contribution is -2.57. The first kappa shape index (κ1) is 13.3. The summed E-state index contributed by atoms with van der Waals surface area (Å²) < 4.78 is 1.20. The number of piperazine rings is 1. The van der Waals surface area contributed by atoms with Gasteiger partial charge in [0.1, 0.15) is 0 Å². The Hall–Kier alpha value is -0.380. The van der Waals surface area contributed by atoms with Gasteiger partial charge >= 0.3 is 0 Å². The Bertz CT molecular complexity index is 482. The van der Waals surface area contributed by atoms with Crippen molar-refractivity contribution in [3.05, 3.63) is 34.3 Å². The van der Waals surface area contributed by atoms with Gasteiger partial charge in [-0.3, -0.25) is 4.90 Å². The number of rotatable bonds is 4. The molecule has 1 aliphatic heterocycles. The zero-order chi connectivity index (χ0) is 13.5. The maximum atomic E-state index is 3.83. The molecule has 1 N–H and O–H groups in total. The number of nitrogens with zero attached hydrogens (tertiary/aromatic N) is 1. The molecule has 2 nitrogen and oxygen atoms in total. The summed E-state index contributed by atoms with van der Waals surface area (Å²) in [5.41, 5.74) is 1.45. The van der Waals surface area contributed by atoms with Crippen molar-refractivity contribution >= 4 is 15.9 Å². The highest BCUT2D eigenvalue weighted by Gasteiger charge is 2.42. The summed E-state index contributed by atoms with van der Waals surface area (Å²) in [5, 5.41) is 3.83. The SMILES string of the molecule is Brc1cccc(CN2CC(C3CC3)NCC2C2CC2)c1. The van der Waals surface area contributed by atoms with E-state index in [1.54, 1.807) is 0 Å². The van der Waals surface area contributed by atoms with E-state index in [-0.39, 0.29) is 0 Å². The van der Waals surface area contributed by atoms with E-state index < -0.39 is 0 Å². The molecule has 4 rings (SSSR count). The Labute approximate surface area is 130 Å². The molecule has 3 heteroatoms. The third kappa shape index (κ3) is 2.95. The summed E-state index contributed by atoms with van der Waals surface area (Å²) in [6.07, 6.45) is 5.76. The lowest BCUT2D eigenvalue weighted by atomic mass is 10.0. The first-order valence-corrected chi connectivity index (χ1v) is 8.81. The summed E-state index contributed by atoms with van der Waals surface area (Å²) in [7, 11) is 0. The molecule has 3 fully saturated rings. The molecular weight excluding hydrogens is 312 g/mol. The quantitative estimate of drug-likeness (QED) is 0.907. The molecule has 0 amide bonds. The van der Waals surface area contributed by atoms with E-state index in [4.69, 9.17) is 0 Å². The molecule has 108 valence electrons. The minimum Gasteiger partial charge on any atom is -0.311 e. The van der Waals surface area contributed by atoms with E-state index in [9.17, 15) is 0 Å². The highest BCUT2D eigenvalue weighted by atomic mass is 79.9. The summed E-state index contributed by atoms with van der Waals surface area (Å²) in [4.78, 5) is 2.76. The van der Waals surface area contributed by atoms with Crippen LogP contribution in [0.3, 0.4) is 0 Å². The van der Waals surface area contributed by atoms with Crippen molar-refractivity contribution in [1.29, 1.82) is 0 Å². The van der Waals surface area contributed by atoms with Crippen LogP contribution in [0.1, 0.15) is 31.2 Å². The van der Waals surface area contributed by atoms with Gasteiger partial charge in [0.2, 0.25) is 0 Å². The molecule has 2 saturated carbocycles. The minimum atomic E-state index is 0.747. The molecular formula is C17H23BrN2. The van der Waals surface area contributed by atoms with Crippen LogP contribution in [0.15, 0.2) is 28.7 Å². The molecule has 1 aromatic rings. The van der Waals surface area contributed by atoms with Crippen LogP contribution in [0.25, 0.3) is 0 Å². The van der Waals surface area contributed by atoms with Gasteiger partial charge in [-0.1, -0.05) is 28.1 Å². The summed E-state index contributed by atoms with van der Waals surface area (Å²) in [6.45, 7) is 3.57. The molecule has 1 aromatic carbocycles. The van der Waals surface area contributed by atoms with Crippen molar-refractivity contribution in [2.24, 2.45) is 11.8 Å². The average Bonchev–Trinajstić information content (AvgIpc) is 3.30. The highest BCUT2D eigenvalue weighted by molar-refractivity contribution is 9.10. The first-order chi connectivity index (χ1) is 9.79. The normalized spacial score (nSPS) is 31.4. The Balaban J connectivity index is 1.48. The van der Waals surface area contributed by atoms with Gasteiger partial charge in [-0.05, 0) is 55.2 Å². The second-order valence-corrected chi connectivity index (χ2v) is 7.73. The maximum absolute atomic E-state index is 3.83. The summed E-state index contributed by atoms with van der Waals surface area (Å²) in [6, 6.07) is 10.3. The number of benzene rings is 1. The van der Waals surface area contributed by atoms with Crippen LogP contribution >= 0.6 is 15.9 Å². The van der Waals surface area contributed by atoms with Crippen molar-refractivity contribution in [3.63, 3.8) is 0 Å². The number of hydrogen-bond donors (Lipinski definition) is 1. The van der Waals surface area contributed by atoms with Gasteiger partial charge in [-0.15, -0.1) is 0 Å². The Kier molecular flexibility index (Phi) is 3.61. The largest absolute Gasteiger partial charge is 0.311 e. The zero-order valence-corrected chi connectivity index (χ0v) is 13.5. The van der Waals surface area contributed by atoms with Crippen LogP contribution in [0.4, 0.5) is 0 Å². The predicted octanol–water partition coefficient (Wildman–Crippen LogP) is 3.41. The van der Waals surface area contributed by atoms with E-state index in [1.807, 2.05) is 0 Å². The smallest absolute Gasteiger partial charge is 0.0253 e.